The Bertz CT molecular complexity index is 2780. The molecule has 0 N–H and O–H groups in total. The number of benzene rings is 7. The Hall–Kier alpha value is -5.66. The first-order valence-corrected chi connectivity index (χ1v) is 18.9. The Morgan fingerprint density at radius 2 is 0.820 bits per heavy atom. The van der Waals surface area contributed by atoms with E-state index in [4.69, 9.17) is 9.97 Å². The second-order valence-corrected chi connectivity index (χ2v) is 15.4. The van der Waals surface area contributed by atoms with E-state index in [1.165, 1.54) is 46.3 Å². The number of rotatable bonds is 6. The molecule has 0 amide bonds. The average molecular weight is 694 g/mol. The van der Waals surface area contributed by atoms with Crippen molar-refractivity contribution in [3.63, 3.8) is 0 Å². The minimum atomic E-state index is 1.02. The van der Waals surface area contributed by atoms with Crippen LogP contribution >= 0.6 is 34.0 Å². The third-order valence-electron chi connectivity index (χ3n) is 9.14. The van der Waals surface area contributed by atoms with E-state index in [0.717, 1.165) is 43.7 Å². The van der Waals surface area contributed by atoms with Gasteiger partial charge in [-0.15, -0.1) is 34.0 Å². The molecule has 0 spiro atoms. The Balaban J connectivity index is 0.942. The molecule has 236 valence electrons. The summed E-state index contributed by atoms with van der Waals surface area (Å²) < 4.78 is 4.98. The van der Waals surface area contributed by atoms with Crippen LogP contribution < -0.4 is 4.90 Å². The SMILES string of the molecule is c1ccc(N(c2ccccc2)c2ccc(-c3ccc4nc(-c5ccc6nc(-c7ccc8c(c7)sc7ccccc78)sc6c5)sc4c3)cc2)cc1. The third kappa shape index (κ3) is 5.17. The molecule has 0 aliphatic heterocycles. The van der Waals surface area contributed by atoms with Gasteiger partial charge in [0.2, 0.25) is 0 Å². The van der Waals surface area contributed by atoms with Gasteiger partial charge in [-0.1, -0.05) is 84.9 Å². The van der Waals surface area contributed by atoms with Gasteiger partial charge in [0.1, 0.15) is 10.0 Å². The molecule has 7 aromatic carbocycles. The Kier molecular flexibility index (Phi) is 7.05. The topological polar surface area (TPSA) is 29.0 Å². The van der Waals surface area contributed by atoms with Crippen molar-refractivity contribution in [2.24, 2.45) is 0 Å². The maximum Gasteiger partial charge on any atom is 0.124 e. The van der Waals surface area contributed by atoms with Crippen molar-refractivity contribution in [2.75, 3.05) is 4.90 Å². The summed E-state index contributed by atoms with van der Waals surface area (Å²) in [5.74, 6) is 0. The highest BCUT2D eigenvalue weighted by Gasteiger charge is 2.15. The monoisotopic (exact) mass is 693 g/mol. The number of aromatic nitrogens is 2. The largest absolute Gasteiger partial charge is 0.311 e. The fraction of sp³-hybridized carbons (Fsp3) is 0. The standard InChI is InChI=1S/C44H27N3S3/c1-3-9-32(10-4-1)47(33-11-5-2-6-12-33)34-20-15-28(16-21-34)29-18-23-37-41(25-29)49-44(45-37)31-19-24-38-42(27-31)50-43(46-38)30-17-22-36-35-13-7-8-14-39(35)48-40(36)26-30/h1-27H. The summed E-state index contributed by atoms with van der Waals surface area (Å²) in [5, 5.41) is 4.71. The first kappa shape index (κ1) is 29.3. The van der Waals surface area contributed by atoms with E-state index in [1.54, 1.807) is 22.7 Å². The maximum absolute atomic E-state index is 5.05. The van der Waals surface area contributed by atoms with Crippen LogP contribution in [0.25, 0.3) is 72.9 Å². The molecule has 50 heavy (non-hydrogen) atoms. The normalized spacial score (nSPS) is 11.6. The predicted molar refractivity (Wildman–Crippen MR) is 217 cm³/mol. The zero-order valence-electron chi connectivity index (χ0n) is 26.7. The summed E-state index contributed by atoms with van der Waals surface area (Å²) in [4.78, 5) is 12.4. The second kappa shape index (κ2) is 12.0. The third-order valence-corrected chi connectivity index (χ3v) is 12.4. The quantitative estimate of drug-likeness (QED) is 0.174. The van der Waals surface area contributed by atoms with E-state index in [2.05, 4.69) is 169 Å². The van der Waals surface area contributed by atoms with Crippen molar-refractivity contribution in [2.45, 2.75) is 0 Å². The van der Waals surface area contributed by atoms with E-state index in [1.807, 2.05) is 11.3 Å². The van der Waals surface area contributed by atoms with Crippen LogP contribution in [-0.2, 0) is 0 Å². The zero-order valence-corrected chi connectivity index (χ0v) is 29.1. The molecular weight excluding hydrogens is 667 g/mol. The van der Waals surface area contributed by atoms with E-state index < -0.39 is 0 Å². The molecule has 10 aromatic rings. The number of hydrogen-bond donors (Lipinski definition) is 0. The van der Waals surface area contributed by atoms with Crippen molar-refractivity contribution in [3.05, 3.63) is 164 Å². The summed E-state index contributed by atoms with van der Waals surface area (Å²) in [5.41, 5.74) is 10.1. The van der Waals surface area contributed by atoms with Crippen molar-refractivity contribution in [1.82, 2.24) is 9.97 Å². The Morgan fingerprint density at radius 1 is 0.340 bits per heavy atom. The highest BCUT2D eigenvalue weighted by atomic mass is 32.1. The molecule has 3 aromatic heterocycles. The fourth-order valence-electron chi connectivity index (χ4n) is 6.67. The van der Waals surface area contributed by atoms with Crippen LogP contribution in [0, 0.1) is 0 Å². The molecule has 0 saturated carbocycles. The molecular formula is C44H27N3S3. The van der Waals surface area contributed by atoms with E-state index in [-0.39, 0.29) is 0 Å². The van der Waals surface area contributed by atoms with E-state index in [9.17, 15) is 0 Å². The van der Waals surface area contributed by atoms with Crippen LogP contribution in [0.2, 0.25) is 0 Å². The van der Waals surface area contributed by atoms with Gasteiger partial charge in [0.05, 0.1) is 20.4 Å². The summed E-state index contributed by atoms with van der Waals surface area (Å²) in [6.45, 7) is 0. The van der Waals surface area contributed by atoms with Gasteiger partial charge in [0.25, 0.3) is 0 Å². The minimum Gasteiger partial charge on any atom is -0.311 e. The lowest BCUT2D eigenvalue weighted by atomic mass is 10.0. The average Bonchev–Trinajstić information content (AvgIpc) is 3.90. The fourth-order valence-corrected chi connectivity index (χ4v) is 9.82. The number of fused-ring (bicyclic) bond motifs is 5. The van der Waals surface area contributed by atoms with Gasteiger partial charge in [0, 0.05) is 48.4 Å². The summed E-state index contributed by atoms with van der Waals surface area (Å²) >= 11 is 5.34. The van der Waals surface area contributed by atoms with Gasteiger partial charge in [0.15, 0.2) is 0 Å². The second-order valence-electron chi connectivity index (χ2n) is 12.3. The zero-order chi connectivity index (χ0) is 33.0. The van der Waals surface area contributed by atoms with Crippen LogP contribution in [0.1, 0.15) is 0 Å². The van der Waals surface area contributed by atoms with E-state index >= 15 is 0 Å². The molecule has 0 radical (unpaired) electrons. The van der Waals surface area contributed by atoms with Gasteiger partial charge in [-0.2, -0.15) is 0 Å². The van der Waals surface area contributed by atoms with Gasteiger partial charge in [-0.25, -0.2) is 9.97 Å². The number of thiophene rings is 1. The van der Waals surface area contributed by atoms with Crippen molar-refractivity contribution in [3.8, 4) is 32.3 Å². The lowest BCUT2D eigenvalue weighted by molar-refractivity contribution is 1.28. The Morgan fingerprint density at radius 3 is 1.48 bits per heavy atom. The summed E-state index contributed by atoms with van der Waals surface area (Å²) in [6.07, 6.45) is 0. The first-order chi connectivity index (χ1) is 24.7. The van der Waals surface area contributed by atoms with Gasteiger partial charge < -0.3 is 4.90 Å². The molecule has 0 aliphatic rings. The van der Waals surface area contributed by atoms with Gasteiger partial charge >= 0.3 is 0 Å². The molecule has 0 atom stereocenters. The highest BCUT2D eigenvalue weighted by Crippen LogP contribution is 2.41. The maximum atomic E-state index is 5.05. The minimum absolute atomic E-state index is 1.02. The molecule has 0 fully saturated rings. The van der Waals surface area contributed by atoms with Crippen LogP contribution in [0.15, 0.2) is 164 Å². The Labute approximate surface area is 301 Å². The smallest absolute Gasteiger partial charge is 0.124 e. The summed E-state index contributed by atoms with van der Waals surface area (Å²) in [6, 6.07) is 58.4. The molecule has 10 rings (SSSR count). The number of nitrogens with zero attached hydrogens (tertiary/aromatic N) is 3. The number of para-hydroxylation sites is 2. The van der Waals surface area contributed by atoms with Crippen molar-refractivity contribution in [1.29, 1.82) is 0 Å². The van der Waals surface area contributed by atoms with Gasteiger partial charge in [-0.3, -0.25) is 0 Å². The molecule has 0 bridgehead atoms. The molecule has 3 heterocycles. The van der Waals surface area contributed by atoms with Crippen LogP contribution in [-0.4, -0.2) is 9.97 Å². The van der Waals surface area contributed by atoms with Crippen LogP contribution in [0.4, 0.5) is 17.1 Å². The lowest BCUT2D eigenvalue weighted by Crippen LogP contribution is -2.09. The first-order valence-electron chi connectivity index (χ1n) is 16.5. The molecule has 0 saturated heterocycles. The number of hydrogen-bond acceptors (Lipinski definition) is 6. The van der Waals surface area contributed by atoms with Gasteiger partial charge in [-0.05, 0) is 90.0 Å². The van der Waals surface area contributed by atoms with Crippen LogP contribution in [0.5, 0.6) is 0 Å². The van der Waals surface area contributed by atoms with Crippen molar-refractivity contribution < 1.29 is 0 Å². The van der Waals surface area contributed by atoms with E-state index in [0.29, 0.717) is 0 Å². The molecule has 3 nitrogen and oxygen atoms in total. The lowest BCUT2D eigenvalue weighted by Gasteiger charge is -2.25. The molecule has 0 unspecified atom stereocenters. The summed E-state index contributed by atoms with van der Waals surface area (Å²) in [7, 11) is 0. The van der Waals surface area contributed by atoms with Crippen LogP contribution in [0.3, 0.4) is 0 Å². The molecule has 6 heteroatoms. The number of anilines is 3. The predicted octanol–water partition coefficient (Wildman–Crippen LogP) is 13.7. The highest BCUT2D eigenvalue weighted by molar-refractivity contribution is 7.26. The van der Waals surface area contributed by atoms with Crippen molar-refractivity contribution >= 4 is 91.7 Å². The number of thiazole rings is 2. The molecule has 0 aliphatic carbocycles.